The van der Waals surface area contributed by atoms with Crippen LogP contribution in [-0.4, -0.2) is 19.3 Å². The molecular weight excluding hydrogens is 468 g/mol. The summed E-state index contributed by atoms with van der Waals surface area (Å²) in [6.07, 6.45) is 0.165. The van der Waals surface area contributed by atoms with Gasteiger partial charge in [-0.1, -0.05) is 60.7 Å². The fourth-order valence-electron chi connectivity index (χ4n) is 3.46. The number of hydrogen-bond donors (Lipinski definition) is 3. The number of hydrogen-bond acceptors (Lipinski definition) is 6. The molecule has 1 aromatic heterocycles. The van der Waals surface area contributed by atoms with Crippen LogP contribution in [0.1, 0.15) is 23.4 Å². The molecule has 0 aliphatic heterocycles. The highest BCUT2D eigenvalue weighted by Crippen LogP contribution is 2.33. The molecule has 0 aliphatic rings. The molecule has 34 heavy (non-hydrogen) atoms. The number of carbonyl (C=O) groups excluding carboxylic acids is 1. The summed E-state index contributed by atoms with van der Waals surface area (Å²) in [6.45, 7) is 1.84. The second-order valence-electron chi connectivity index (χ2n) is 7.73. The normalized spacial score (nSPS) is 12.2. The number of rotatable bonds is 8. The van der Waals surface area contributed by atoms with Gasteiger partial charge in [0.15, 0.2) is 5.13 Å². The van der Waals surface area contributed by atoms with E-state index in [0.717, 1.165) is 27.4 Å². The summed E-state index contributed by atoms with van der Waals surface area (Å²) >= 11 is 1.44. The molecule has 0 fully saturated rings. The fraction of sp³-hybridized carbons (Fsp3) is 0.120. The zero-order valence-corrected chi connectivity index (χ0v) is 20.1. The molecule has 0 saturated heterocycles. The average molecular weight is 493 g/mol. The lowest BCUT2D eigenvalue weighted by atomic mass is 10.1. The van der Waals surface area contributed by atoms with Crippen LogP contribution >= 0.6 is 11.3 Å². The van der Waals surface area contributed by atoms with Crippen molar-refractivity contribution in [1.29, 1.82) is 0 Å². The van der Waals surface area contributed by atoms with Crippen molar-refractivity contribution in [3.8, 4) is 11.3 Å². The third kappa shape index (κ3) is 5.88. The lowest BCUT2D eigenvalue weighted by molar-refractivity contribution is -0.121. The summed E-state index contributed by atoms with van der Waals surface area (Å²) < 4.78 is 22.9. The second-order valence-corrected chi connectivity index (χ2v) is 10.4. The zero-order chi connectivity index (χ0) is 24.1. The molecule has 1 atom stereocenters. The minimum Gasteiger partial charge on any atom is -0.349 e. The molecule has 4 rings (SSSR count). The number of para-hydroxylation sites is 1. The standard InChI is InChI=1S/C25H24N4O3S2/c1-17(18-12-14-21(15-13-18)34(26,31)32)27-23(30)16-22-24(19-8-4-2-5-9-19)29-25(33-22)28-20-10-6-3-7-11-20/h2-15,17H,16H2,1H3,(H,27,30)(H,28,29)(H2,26,31,32)/t17-/m1/s1. The molecule has 1 amide bonds. The Kier molecular flexibility index (Phi) is 7.06. The van der Waals surface area contributed by atoms with E-state index in [4.69, 9.17) is 10.1 Å². The van der Waals surface area contributed by atoms with Crippen LogP contribution in [0.4, 0.5) is 10.8 Å². The molecule has 0 saturated carbocycles. The van der Waals surface area contributed by atoms with Crippen LogP contribution in [0.3, 0.4) is 0 Å². The highest BCUT2D eigenvalue weighted by Gasteiger charge is 2.18. The Balaban J connectivity index is 1.52. The molecule has 0 unspecified atom stereocenters. The van der Waals surface area contributed by atoms with Gasteiger partial charge in [-0.3, -0.25) is 4.79 Å². The lowest BCUT2D eigenvalue weighted by Gasteiger charge is -2.14. The number of carbonyl (C=O) groups is 1. The van der Waals surface area contributed by atoms with Gasteiger partial charge in [0.05, 0.1) is 23.1 Å². The predicted octanol–water partition coefficient (Wildman–Crippen LogP) is 4.62. The molecule has 7 nitrogen and oxygen atoms in total. The third-order valence-corrected chi connectivity index (χ3v) is 7.08. The molecule has 0 aliphatic carbocycles. The van der Waals surface area contributed by atoms with Crippen LogP contribution in [0.2, 0.25) is 0 Å². The van der Waals surface area contributed by atoms with E-state index >= 15 is 0 Å². The van der Waals surface area contributed by atoms with Crippen LogP contribution in [0, 0.1) is 0 Å². The van der Waals surface area contributed by atoms with Crippen LogP contribution in [0.5, 0.6) is 0 Å². The molecule has 4 aromatic rings. The third-order valence-electron chi connectivity index (χ3n) is 5.18. The Morgan fingerprint density at radius 1 is 0.971 bits per heavy atom. The number of nitrogens with one attached hydrogen (secondary N) is 2. The smallest absolute Gasteiger partial charge is 0.238 e. The molecule has 1 heterocycles. The molecule has 0 radical (unpaired) electrons. The van der Waals surface area contributed by atoms with Crippen molar-refractivity contribution in [2.24, 2.45) is 5.14 Å². The molecular formula is C25H24N4O3S2. The number of primary sulfonamides is 1. The van der Waals surface area contributed by atoms with E-state index in [0.29, 0.717) is 5.13 Å². The minimum atomic E-state index is -3.76. The molecule has 174 valence electrons. The van der Waals surface area contributed by atoms with Gasteiger partial charge >= 0.3 is 0 Å². The van der Waals surface area contributed by atoms with Crippen molar-refractivity contribution >= 4 is 38.1 Å². The van der Waals surface area contributed by atoms with Crippen molar-refractivity contribution in [2.75, 3.05) is 5.32 Å². The summed E-state index contributed by atoms with van der Waals surface area (Å²) in [7, 11) is -3.76. The summed E-state index contributed by atoms with van der Waals surface area (Å²) in [5.74, 6) is -0.157. The van der Waals surface area contributed by atoms with E-state index in [1.165, 1.54) is 23.5 Å². The minimum absolute atomic E-state index is 0.0328. The first-order valence-corrected chi connectivity index (χ1v) is 13.0. The molecule has 0 spiro atoms. The molecule has 3 aromatic carbocycles. The monoisotopic (exact) mass is 492 g/mol. The van der Waals surface area contributed by atoms with E-state index in [-0.39, 0.29) is 23.3 Å². The van der Waals surface area contributed by atoms with Crippen LogP contribution in [0.25, 0.3) is 11.3 Å². The number of amides is 1. The number of sulfonamides is 1. The van der Waals surface area contributed by atoms with Gasteiger partial charge in [-0.05, 0) is 36.8 Å². The highest BCUT2D eigenvalue weighted by atomic mass is 32.2. The van der Waals surface area contributed by atoms with E-state index < -0.39 is 10.0 Å². The molecule has 0 bridgehead atoms. The Hall–Kier alpha value is -3.53. The van der Waals surface area contributed by atoms with Gasteiger partial charge in [-0.2, -0.15) is 0 Å². The van der Waals surface area contributed by atoms with Crippen molar-refractivity contribution in [2.45, 2.75) is 24.3 Å². The maximum atomic E-state index is 12.9. The Morgan fingerprint density at radius 3 is 2.21 bits per heavy atom. The van der Waals surface area contributed by atoms with Gasteiger partial charge in [0.1, 0.15) is 0 Å². The van der Waals surface area contributed by atoms with Crippen molar-refractivity contribution in [3.63, 3.8) is 0 Å². The van der Waals surface area contributed by atoms with Gasteiger partial charge in [-0.25, -0.2) is 18.5 Å². The summed E-state index contributed by atoms with van der Waals surface area (Å²) in [4.78, 5) is 18.5. The van der Waals surface area contributed by atoms with Crippen molar-refractivity contribution < 1.29 is 13.2 Å². The summed E-state index contributed by atoms with van der Waals surface area (Å²) in [5.41, 5.74) is 3.40. The van der Waals surface area contributed by atoms with Crippen LogP contribution < -0.4 is 15.8 Å². The molecule has 9 heteroatoms. The number of anilines is 2. The van der Waals surface area contributed by atoms with Gasteiger partial charge in [0, 0.05) is 16.1 Å². The summed E-state index contributed by atoms with van der Waals surface area (Å²) in [6, 6.07) is 25.4. The van der Waals surface area contributed by atoms with Crippen molar-refractivity contribution in [1.82, 2.24) is 10.3 Å². The maximum Gasteiger partial charge on any atom is 0.238 e. The summed E-state index contributed by atoms with van der Waals surface area (Å²) in [5, 5.41) is 12.2. The van der Waals surface area contributed by atoms with E-state index in [9.17, 15) is 13.2 Å². The van der Waals surface area contributed by atoms with Crippen LogP contribution in [-0.2, 0) is 21.2 Å². The first-order chi connectivity index (χ1) is 16.3. The van der Waals surface area contributed by atoms with E-state index in [1.807, 2.05) is 67.6 Å². The fourth-order valence-corrected chi connectivity index (χ4v) is 4.98. The molecule has 4 N–H and O–H groups in total. The predicted molar refractivity (Wildman–Crippen MR) is 135 cm³/mol. The van der Waals surface area contributed by atoms with Gasteiger partial charge in [-0.15, -0.1) is 11.3 Å². The largest absolute Gasteiger partial charge is 0.349 e. The average Bonchev–Trinajstić information content (AvgIpc) is 3.21. The number of nitrogens with zero attached hydrogens (tertiary/aromatic N) is 1. The number of benzene rings is 3. The Labute approximate surface area is 202 Å². The van der Waals surface area contributed by atoms with Crippen LogP contribution in [0.15, 0.2) is 89.8 Å². The Bertz CT molecular complexity index is 1370. The van der Waals surface area contributed by atoms with Gasteiger partial charge in [0.25, 0.3) is 0 Å². The van der Waals surface area contributed by atoms with E-state index in [2.05, 4.69) is 10.6 Å². The first kappa shape index (κ1) is 23.6. The number of aromatic nitrogens is 1. The van der Waals surface area contributed by atoms with Gasteiger partial charge in [0.2, 0.25) is 15.9 Å². The first-order valence-electron chi connectivity index (χ1n) is 10.6. The highest BCUT2D eigenvalue weighted by molar-refractivity contribution is 7.89. The van der Waals surface area contributed by atoms with E-state index in [1.54, 1.807) is 12.1 Å². The van der Waals surface area contributed by atoms with Gasteiger partial charge < -0.3 is 10.6 Å². The Morgan fingerprint density at radius 2 is 1.59 bits per heavy atom. The number of thiazole rings is 1. The number of nitrogens with two attached hydrogens (primary N) is 1. The second kappa shape index (κ2) is 10.2. The lowest BCUT2D eigenvalue weighted by Crippen LogP contribution is -2.28. The SMILES string of the molecule is C[C@@H](NC(=O)Cc1sc(Nc2ccccc2)nc1-c1ccccc1)c1ccc(S(N)(=O)=O)cc1. The zero-order valence-electron chi connectivity index (χ0n) is 18.4. The quantitative estimate of drug-likeness (QED) is 0.332. The topological polar surface area (TPSA) is 114 Å². The van der Waals surface area contributed by atoms with Crippen molar-refractivity contribution in [3.05, 3.63) is 95.4 Å². The maximum absolute atomic E-state index is 12.9.